The summed E-state index contributed by atoms with van der Waals surface area (Å²) in [5.74, 6) is 2.95. The van der Waals surface area contributed by atoms with Crippen LogP contribution in [0.4, 0.5) is 0 Å². The van der Waals surface area contributed by atoms with Gasteiger partial charge in [-0.1, -0.05) is 42.5 Å². The monoisotopic (exact) mass is 418 g/mol. The smallest absolute Gasteiger partial charge is 0.231 e. The zero-order chi connectivity index (χ0) is 21.3. The Morgan fingerprint density at radius 1 is 1.00 bits per heavy atom. The van der Waals surface area contributed by atoms with E-state index in [0.29, 0.717) is 25.8 Å². The fraction of sp³-hybridized carbons (Fsp3) is 0.250. The lowest BCUT2D eigenvalue weighted by molar-refractivity contribution is 0.174. The van der Waals surface area contributed by atoms with Crippen LogP contribution in [-0.2, 0) is 19.6 Å². The minimum Gasteiger partial charge on any atom is -0.473 e. The average molecular weight is 418 g/mol. The van der Waals surface area contributed by atoms with Gasteiger partial charge < -0.3 is 24.8 Å². The van der Waals surface area contributed by atoms with E-state index >= 15 is 0 Å². The molecule has 0 amide bonds. The number of fused-ring (bicyclic) bond motifs is 1. The number of benzene rings is 2. The maximum absolute atomic E-state index is 5.93. The third-order valence-electron chi connectivity index (χ3n) is 4.88. The standard InChI is InChI=1S/C24H26N4O3/c1-25-24(27-13-11-18-9-10-21-22(14-18)31-17-30-21)28-15-20-8-5-12-26-23(20)29-16-19-6-3-2-4-7-19/h2-10,12,14H,11,13,15-17H2,1H3,(H2,25,27,28). The van der Waals surface area contributed by atoms with Crippen LogP contribution in [-0.4, -0.2) is 31.3 Å². The Kier molecular flexibility index (Phi) is 6.85. The van der Waals surface area contributed by atoms with Gasteiger partial charge in [-0.15, -0.1) is 0 Å². The number of pyridine rings is 1. The fourth-order valence-corrected chi connectivity index (χ4v) is 3.24. The highest BCUT2D eigenvalue weighted by molar-refractivity contribution is 5.79. The molecule has 7 nitrogen and oxygen atoms in total. The zero-order valence-corrected chi connectivity index (χ0v) is 17.5. The zero-order valence-electron chi connectivity index (χ0n) is 17.5. The quantitative estimate of drug-likeness (QED) is 0.432. The Hall–Kier alpha value is -3.74. The van der Waals surface area contributed by atoms with E-state index in [2.05, 4.69) is 26.7 Å². The molecule has 0 saturated heterocycles. The Balaban J connectivity index is 1.27. The SMILES string of the molecule is CN=C(NCCc1ccc2c(c1)OCO2)NCc1cccnc1OCc1ccccc1. The summed E-state index contributed by atoms with van der Waals surface area (Å²) in [6.45, 7) is 2.07. The van der Waals surface area contributed by atoms with Crippen LogP contribution in [0.5, 0.6) is 17.4 Å². The average Bonchev–Trinajstić information content (AvgIpc) is 3.29. The molecular formula is C24H26N4O3. The molecule has 0 atom stereocenters. The summed E-state index contributed by atoms with van der Waals surface area (Å²) in [6.07, 6.45) is 2.58. The van der Waals surface area contributed by atoms with E-state index in [9.17, 15) is 0 Å². The first-order valence-electron chi connectivity index (χ1n) is 10.3. The van der Waals surface area contributed by atoms with Crippen molar-refractivity contribution in [2.24, 2.45) is 4.99 Å². The van der Waals surface area contributed by atoms with Crippen LogP contribution in [0.15, 0.2) is 71.9 Å². The summed E-state index contributed by atoms with van der Waals surface area (Å²) < 4.78 is 16.7. The number of rotatable bonds is 8. The van der Waals surface area contributed by atoms with E-state index in [1.54, 1.807) is 13.2 Å². The molecule has 4 rings (SSSR count). The van der Waals surface area contributed by atoms with Gasteiger partial charge in [-0.05, 0) is 35.7 Å². The molecule has 0 aliphatic carbocycles. The highest BCUT2D eigenvalue weighted by atomic mass is 16.7. The Morgan fingerprint density at radius 2 is 1.87 bits per heavy atom. The normalized spacial score (nSPS) is 12.5. The summed E-state index contributed by atoms with van der Waals surface area (Å²) in [4.78, 5) is 8.69. The van der Waals surface area contributed by atoms with Crippen molar-refractivity contribution >= 4 is 5.96 Å². The molecule has 0 spiro atoms. The van der Waals surface area contributed by atoms with E-state index in [4.69, 9.17) is 14.2 Å². The Morgan fingerprint density at radius 3 is 2.74 bits per heavy atom. The molecular weight excluding hydrogens is 392 g/mol. The van der Waals surface area contributed by atoms with Gasteiger partial charge >= 0.3 is 0 Å². The molecule has 0 bridgehead atoms. The molecule has 0 fully saturated rings. The summed E-state index contributed by atoms with van der Waals surface area (Å²) in [7, 11) is 1.76. The van der Waals surface area contributed by atoms with Crippen LogP contribution < -0.4 is 24.8 Å². The van der Waals surface area contributed by atoms with Gasteiger partial charge in [0.05, 0.1) is 0 Å². The van der Waals surface area contributed by atoms with Crippen molar-refractivity contribution in [1.29, 1.82) is 0 Å². The van der Waals surface area contributed by atoms with Crippen molar-refractivity contribution in [1.82, 2.24) is 15.6 Å². The number of guanidine groups is 1. The maximum atomic E-state index is 5.93. The maximum Gasteiger partial charge on any atom is 0.231 e. The largest absolute Gasteiger partial charge is 0.473 e. The number of hydrogen-bond acceptors (Lipinski definition) is 5. The predicted molar refractivity (Wildman–Crippen MR) is 119 cm³/mol. The molecule has 7 heteroatoms. The number of nitrogens with zero attached hydrogens (tertiary/aromatic N) is 2. The topological polar surface area (TPSA) is 77.0 Å². The molecule has 1 aliphatic rings. The summed E-state index contributed by atoms with van der Waals surface area (Å²) in [6, 6.07) is 20.0. The molecule has 0 saturated carbocycles. The lowest BCUT2D eigenvalue weighted by Gasteiger charge is -2.14. The van der Waals surface area contributed by atoms with Gasteiger partial charge in [0, 0.05) is 31.9 Å². The molecule has 1 aliphatic heterocycles. The Bertz CT molecular complexity index is 1020. The highest BCUT2D eigenvalue weighted by Crippen LogP contribution is 2.32. The van der Waals surface area contributed by atoms with E-state index in [1.165, 1.54) is 5.56 Å². The van der Waals surface area contributed by atoms with Crippen molar-refractivity contribution in [3.05, 3.63) is 83.6 Å². The molecule has 31 heavy (non-hydrogen) atoms. The van der Waals surface area contributed by atoms with E-state index in [-0.39, 0.29) is 0 Å². The summed E-state index contributed by atoms with van der Waals surface area (Å²) >= 11 is 0. The second kappa shape index (κ2) is 10.3. The van der Waals surface area contributed by atoms with Gasteiger partial charge in [-0.2, -0.15) is 0 Å². The summed E-state index contributed by atoms with van der Waals surface area (Å²) in [5, 5.41) is 6.67. The fourth-order valence-electron chi connectivity index (χ4n) is 3.24. The predicted octanol–water partition coefficient (Wildman–Crippen LogP) is 3.30. The van der Waals surface area contributed by atoms with Crippen molar-refractivity contribution < 1.29 is 14.2 Å². The third kappa shape index (κ3) is 5.66. The highest BCUT2D eigenvalue weighted by Gasteiger charge is 2.13. The molecule has 3 aromatic rings. The van der Waals surface area contributed by atoms with E-state index in [1.807, 2.05) is 54.6 Å². The first-order valence-corrected chi connectivity index (χ1v) is 10.3. The van der Waals surface area contributed by atoms with Crippen LogP contribution in [0.2, 0.25) is 0 Å². The van der Waals surface area contributed by atoms with Crippen LogP contribution >= 0.6 is 0 Å². The number of nitrogens with one attached hydrogen (secondary N) is 2. The lowest BCUT2D eigenvalue weighted by Crippen LogP contribution is -2.38. The van der Waals surface area contributed by atoms with E-state index < -0.39 is 0 Å². The minimum absolute atomic E-state index is 0.291. The Labute approximate surface area is 182 Å². The third-order valence-corrected chi connectivity index (χ3v) is 4.88. The number of aromatic nitrogens is 1. The van der Waals surface area contributed by atoms with Crippen molar-refractivity contribution in [3.63, 3.8) is 0 Å². The van der Waals surface area contributed by atoms with Crippen molar-refractivity contribution in [2.45, 2.75) is 19.6 Å². The summed E-state index contributed by atoms with van der Waals surface area (Å²) in [5.41, 5.74) is 3.25. The second-order valence-electron chi connectivity index (χ2n) is 7.03. The van der Waals surface area contributed by atoms with Crippen molar-refractivity contribution in [3.8, 4) is 17.4 Å². The van der Waals surface area contributed by atoms with E-state index in [0.717, 1.165) is 41.6 Å². The number of ether oxygens (including phenoxy) is 3. The van der Waals surface area contributed by atoms with Crippen LogP contribution in [0, 0.1) is 0 Å². The first kappa shape index (κ1) is 20.5. The number of hydrogen-bond donors (Lipinski definition) is 2. The molecule has 2 aromatic carbocycles. The molecule has 0 radical (unpaired) electrons. The first-order chi connectivity index (χ1) is 15.3. The second-order valence-corrected chi connectivity index (χ2v) is 7.03. The molecule has 1 aromatic heterocycles. The van der Waals surface area contributed by atoms with Gasteiger partial charge in [0.2, 0.25) is 12.7 Å². The van der Waals surface area contributed by atoms with Crippen LogP contribution in [0.25, 0.3) is 0 Å². The van der Waals surface area contributed by atoms with Crippen molar-refractivity contribution in [2.75, 3.05) is 20.4 Å². The lowest BCUT2D eigenvalue weighted by atomic mass is 10.1. The minimum atomic E-state index is 0.291. The van der Waals surface area contributed by atoms with Gasteiger partial charge in [0.25, 0.3) is 0 Å². The number of aliphatic imine (C=N–C) groups is 1. The van der Waals surface area contributed by atoms with Crippen LogP contribution in [0.3, 0.4) is 0 Å². The molecule has 2 N–H and O–H groups in total. The van der Waals surface area contributed by atoms with Gasteiger partial charge in [0.1, 0.15) is 6.61 Å². The molecule has 0 unspecified atom stereocenters. The van der Waals surface area contributed by atoms with Gasteiger partial charge in [-0.3, -0.25) is 4.99 Å². The molecule has 160 valence electrons. The van der Waals surface area contributed by atoms with Gasteiger partial charge in [0.15, 0.2) is 17.5 Å². The van der Waals surface area contributed by atoms with Gasteiger partial charge in [-0.25, -0.2) is 4.98 Å². The van der Waals surface area contributed by atoms with Crippen LogP contribution in [0.1, 0.15) is 16.7 Å². The molecule has 2 heterocycles.